The van der Waals surface area contributed by atoms with Crippen molar-refractivity contribution in [2.45, 2.75) is 23.8 Å². The number of carbonyl (C=O) groups is 1. The molecule has 1 fully saturated rings. The Balaban J connectivity index is 1.98. The molecule has 1 aromatic carbocycles. The lowest BCUT2D eigenvalue weighted by atomic mass is 10.1. The normalized spacial score (nSPS) is 17.7. The van der Waals surface area contributed by atoms with Crippen LogP contribution < -0.4 is 4.74 Å². The Morgan fingerprint density at radius 3 is 2.69 bits per heavy atom. The molecule has 1 aliphatic heterocycles. The lowest BCUT2D eigenvalue weighted by Crippen LogP contribution is -2.30. The number of amides is 1. The van der Waals surface area contributed by atoms with Crippen LogP contribution in [0.4, 0.5) is 0 Å². The largest absolute Gasteiger partial charge is 0.495 e. The van der Waals surface area contributed by atoms with Gasteiger partial charge < -0.3 is 9.64 Å². The summed E-state index contributed by atoms with van der Waals surface area (Å²) in [4.78, 5) is 16.1. The maximum absolute atomic E-state index is 13.1. The van der Waals surface area contributed by atoms with Crippen LogP contribution >= 0.6 is 11.3 Å². The SMILES string of the molecule is COc1ccc(C(=O)N2CCCC2c2cccs2)cc1S(=O)(=O)N(C)C. The van der Waals surface area contributed by atoms with Gasteiger partial charge in [0.1, 0.15) is 10.6 Å². The van der Waals surface area contributed by atoms with Crippen LogP contribution in [0.25, 0.3) is 0 Å². The second-order valence-corrected chi connectivity index (χ2v) is 9.42. The first-order valence-corrected chi connectivity index (χ1v) is 10.6. The molecule has 0 bridgehead atoms. The summed E-state index contributed by atoms with van der Waals surface area (Å²) in [6.45, 7) is 0.670. The van der Waals surface area contributed by atoms with Gasteiger partial charge in [0.2, 0.25) is 10.0 Å². The molecule has 8 heteroatoms. The summed E-state index contributed by atoms with van der Waals surface area (Å²) < 4.78 is 31.5. The first-order chi connectivity index (χ1) is 12.4. The number of methoxy groups -OCH3 is 1. The fraction of sp³-hybridized carbons (Fsp3) is 0.389. The topological polar surface area (TPSA) is 66.9 Å². The van der Waals surface area contributed by atoms with Gasteiger partial charge in [-0.2, -0.15) is 0 Å². The molecule has 26 heavy (non-hydrogen) atoms. The van der Waals surface area contributed by atoms with Crippen LogP contribution in [0.1, 0.15) is 34.1 Å². The first kappa shape index (κ1) is 18.9. The van der Waals surface area contributed by atoms with Crippen LogP contribution in [-0.4, -0.2) is 51.3 Å². The molecule has 1 atom stereocenters. The van der Waals surface area contributed by atoms with Gasteiger partial charge >= 0.3 is 0 Å². The smallest absolute Gasteiger partial charge is 0.254 e. The lowest BCUT2D eigenvalue weighted by molar-refractivity contribution is 0.0737. The van der Waals surface area contributed by atoms with Crippen molar-refractivity contribution in [3.8, 4) is 5.75 Å². The van der Waals surface area contributed by atoms with E-state index < -0.39 is 10.0 Å². The van der Waals surface area contributed by atoms with E-state index in [0.29, 0.717) is 12.1 Å². The van der Waals surface area contributed by atoms with Gasteiger partial charge in [-0.1, -0.05) is 6.07 Å². The standard InChI is InChI=1S/C18H22N2O4S2/c1-19(2)26(22,23)17-12-13(8-9-15(17)24-3)18(21)20-10-4-6-14(20)16-7-5-11-25-16/h5,7-9,11-12,14H,4,6,10H2,1-3H3. The Bertz CT molecular complexity index is 892. The molecule has 2 heterocycles. The van der Waals surface area contributed by atoms with Crippen LogP contribution in [0, 0.1) is 0 Å². The summed E-state index contributed by atoms with van der Waals surface area (Å²) >= 11 is 1.64. The maximum Gasteiger partial charge on any atom is 0.254 e. The monoisotopic (exact) mass is 394 g/mol. The van der Waals surface area contributed by atoms with Crippen molar-refractivity contribution >= 4 is 27.3 Å². The Morgan fingerprint density at radius 1 is 1.31 bits per heavy atom. The summed E-state index contributed by atoms with van der Waals surface area (Å²) in [6.07, 6.45) is 1.86. The number of likely N-dealkylation sites (tertiary alicyclic amines) is 1. The fourth-order valence-corrected chi connectivity index (χ4v) is 5.11. The highest BCUT2D eigenvalue weighted by Crippen LogP contribution is 2.36. The minimum absolute atomic E-state index is 0.00252. The van der Waals surface area contributed by atoms with Crippen LogP contribution in [0.2, 0.25) is 0 Å². The van der Waals surface area contributed by atoms with Crippen molar-refractivity contribution in [1.82, 2.24) is 9.21 Å². The number of ether oxygens (including phenoxy) is 1. The van der Waals surface area contributed by atoms with E-state index in [1.54, 1.807) is 23.5 Å². The molecule has 1 aromatic heterocycles. The highest BCUT2D eigenvalue weighted by Gasteiger charge is 2.32. The van der Waals surface area contributed by atoms with Crippen LogP contribution in [0.3, 0.4) is 0 Å². The van der Waals surface area contributed by atoms with Gasteiger partial charge in [-0.15, -0.1) is 11.3 Å². The predicted molar refractivity (Wildman–Crippen MR) is 101 cm³/mol. The summed E-state index contributed by atoms with van der Waals surface area (Å²) in [5, 5.41) is 2.01. The Kier molecular flexibility index (Phi) is 5.36. The van der Waals surface area contributed by atoms with E-state index >= 15 is 0 Å². The number of thiophene rings is 1. The zero-order valence-corrected chi connectivity index (χ0v) is 16.6. The van der Waals surface area contributed by atoms with E-state index in [0.717, 1.165) is 22.0 Å². The molecule has 0 N–H and O–H groups in total. The quantitative estimate of drug-likeness (QED) is 0.782. The van der Waals surface area contributed by atoms with Gasteiger partial charge in [-0.05, 0) is 42.5 Å². The van der Waals surface area contributed by atoms with Gasteiger partial charge in [0.05, 0.1) is 13.2 Å². The van der Waals surface area contributed by atoms with E-state index in [2.05, 4.69) is 0 Å². The fourth-order valence-electron chi connectivity index (χ4n) is 3.16. The van der Waals surface area contributed by atoms with Gasteiger partial charge in [0.25, 0.3) is 5.91 Å². The molecule has 2 aromatic rings. The molecule has 3 rings (SSSR count). The molecule has 0 aliphatic carbocycles. The third-order valence-electron chi connectivity index (χ3n) is 4.55. The van der Waals surface area contributed by atoms with E-state index in [4.69, 9.17) is 4.74 Å². The zero-order valence-electron chi connectivity index (χ0n) is 15.0. The van der Waals surface area contributed by atoms with Crippen molar-refractivity contribution < 1.29 is 17.9 Å². The number of hydrogen-bond acceptors (Lipinski definition) is 5. The third-order valence-corrected chi connectivity index (χ3v) is 7.36. The Morgan fingerprint density at radius 2 is 2.08 bits per heavy atom. The average molecular weight is 395 g/mol. The molecule has 1 aliphatic rings. The van der Waals surface area contributed by atoms with Gasteiger partial charge in [-0.3, -0.25) is 4.79 Å². The average Bonchev–Trinajstić information content (AvgIpc) is 3.31. The van der Waals surface area contributed by atoms with E-state index in [1.165, 1.54) is 27.3 Å². The molecule has 6 nitrogen and oxygen atoms in total. The molecular weight excluding hydrogens is 372 g/mol. The van der Waals surface area contributed by atoms with Gasteiger partial charge in [-0.25, -0.2) is 12.7 Å². The minimum atomic E-state index is -3.72. The summed E-state index contributed by atoms with van der Waals surface area (Å²) in [5.41, 5.74) is 0.356. The Hall–Kier alpha value is -1.90. The van der Waals surface area contributed by atoms with Crippen molar-refractivity contribution in [3.05, 3.63) is 46.2 Å². The van der Waals surface area contributed by atoms with Crippen LogP contribution in [0.15, 0.2) is 40.6 Å². The maximum atomic E-state index is 13.1. The molecular formula is C18H22N2O4S2. The van der Waals surface area contributed by atoms with E-state index in [-0.39, 0.29) is 22.6 Å². The van der Waals surface area contributed by atoms with Crippen molar-refractivity contribution in [2.75, 3.05) is 27.7 Å². The predicted octanol–water partition coefficient (Wildman–Crippen LogP) is 2.98. The molecule has 0 saturated carbocycles. The number of benzene rings is 1. The number of rotatable bonds is 5. The second-order valence-electron chi connectivity index (χ2n) is 6.33. The van der Waals surface area contributed by atoms with Crippen molar-refractivity contribution in [2.24, 2.45) is 0 Å². The van der Waals surface area contributed by atoms with Crippen LogP contribution in [0.5, 0.6) is 5.75 Å². The molecule has 1 unspecified atom stereocenters. The zero-order chi connectivity index (χ0) is 18.9. The van der Waals surface area contributed by atoms with Gasteiger partial charge in [0, 0.05) is 31.1 Å². The first-order valence-electron chi connectivity index (χ1n) is 8.31. The van der Waals surface area contributed by atoms with Crippen molar-refractivity contribution in [3.63, 3.8) is 0 Å². The molecule has 140 valence electrons. The van der Waals surface area contributed by atoms with Gasteiger partial charge in [0.15, 0.2) is 0 Å². The second kappa shape index (κ2) is 7.38. The minimum Gasteiger partial charge on any atom is -0.495 e. The number of carbonyl (C=O) groups excluding carboxylic acids is 1. The lowest BCUT2D eigenvalue weighted by Gasteiger charge is -2.24. The summed E-state index contributed by atoms with van der Waals surface area (Å²) in [6, 6.07) is 8.66. The summed E-state index contributed by atoms with van der Waals surface area (Å²) in [7, 11) is 0.609. The van der Waals surface area contributed by atoms with Crippen LogP contribution in [-0.2, 0) is 10.0 Å². The molecule has 1 saturated heterocycles. The number of sulfonamides is 1. The number of nitrogens with zero attached hydrogens (tertiary/aromatic N) is 2. The van der Waals surface area contributed by atoms with E-state index in [1.807, 2.05) is 22.4 Å². The summed E-state index contributed by atoms with van der Waals surface area (Å²) in [5.74, 6) is 0.0743. The molecule has 0 radical (unpaired) electrons. The third kappa shape index (κ3) is 3.36. The van der Waals surface area contributed by atoms with Crippen molar-refractivity contribution in [1.29, 1.82) is 0 Å². The highest BCUT2D eigenvalue weighted by atomic mass is 32.2. The molecule has 1 amide bonds. The van der Waals surface area contributed by atoms with E-state index in [9.17, 15) is 13.2 Å². The number of hydrogen-bond donors (Lipinski definition) is 0. The Labute approximate surface area is 158 Å². The molecule has 0 spiro atoms. The highest BCUT2D eigenvalue weighted by molar-refractivity contribution is 7.89.